The summed E-state index contributed by atoms with van der Waals surface area (Å²) in [6.07, 6.45) is 5.54. The lowest BCUT2D eigenvalue weighted by molar-refractivity contribution is -0.131. The van der Waals surface area contributed by atoms with Gasteiger partial charge < -0.3 is 20.3 Å². The molecule has 9 heteroatoms. The Hall–Kier alpha value is -2.32. The molecule has 0 unspecified atom stereocenters. The van der Waals surface area contributed by atoms with Gasteiger partial charge >= 0.3 is 0 Å². The van der Waals surface area contributed by atoms with Crippen molar-refractivity contribution < 1.29 is 14.3 Å². The van der Waals surface area contributed by atoms with Gasteiger partial charge in [0, 0.05) is 32.0 Å². The highest BCUT2D eigenvalue weighted by molar-refractivity contribution is 9.10. The average molecular weight is 496 g/mol. The molecule has 2 N–H and O–H groups in total. The van der Waals surface area contributed by atoms with E-state index in [0.717, 1.165) is 21.5 Å². The number of piperidine rings is 1. The fourth-order valence-electron chi connectivity index (χ4n) is 3.65. The maximum atomic E-state index is 13.0. The van der Waals surface area contributed by atoms with Crippen molar-refractivity contribution >= 4 is 45.5 Å². The number of rotatable bonds is 8. The van der Waals surface area contributed by atoms with Crippen molar-refractivity contribution in [2.75, 3.05) is 31.6 Å². The Bertz CT molecular complexity index is 866. The maximum absolute atomic E-state index is 13.0. The summed E-state index contributed by atoms with van der Waals surface area (Å²) in [6, 6.07) is 7.73. The highest BCUT2D eigenvalue weighted by Gasteiger charge is 2.41. The number of hydrogen-bond acceptors (Lipinski definition) is 5. The quantitative estimate of drug-likeness (QED) is 0.550. The third-order valence-electron chi connectivity index (χ3n) is 5.39. The Balaban J connectivity index is 1.60. The van der Waals surface area contributed by atoms with Gasteiger partial charge in [0.05, 0.1) is 22.3 Å². The number of ether oxygens (including phenoxy) is 1. The average Bonchev–Trinajstić information content (AvgIpc) is 2.75. The minimum Gasteiger partial charge on any atom is -0.497 e. The van der Waals surface area contributed by atoms with Gasteiger partial charge in [-0.15, -0.1) is 0 Å². The van der Waals surface area contributed by atoms with Gasteiger partial charge in [-0.25, -0.2) is 0 Å². The van der Waals surface area contributed by atoms with Crippen LogP contribution < -0.4 is 20.3 Å². The molecule has 2 amide bonds. The second kappa shape index (κ2) is 10.1. The Morgan fingerprint density at radius 1 is 1.30 bits per heavy atom. The lowest BCUT2D eigenvalue weighted by Crippen LogP contribution is -2.61. The van der Waals surface area contributed by atoms with Crippen LogP contribution in [-0.4, -0.2) is 49.6 Å². The molecule has 7 nitrogen and oxygen atoms in total. The summed E-state index contributed by atoms with van der Waals surface area (Å²) in [5.41, 5.74) is 1.02. The third kappa shape index (κ3) is 5.05. The number of benzene rings is 1. The van der Waals surface area contributed by atoms with Crippen LogP contribution in [0, 0.1) is 0 Å². The van der Waals surface area contributed by atoms with Crippen molar-refractivity contribution in [2.45, 2.75) is 24.8 Å². The molecule has 3 rings (SSSR count). The van der Waals surface area contributed by atoms with E-state index in [0.29, 0.717) is 50.3 Å². The lowest BCUT2D eigenvalue weighted by Gasteiger charge is -2.41. The number of hydrogen-bond donors (Lipinski definition) is 2. The summed E-state index contributed by atoms with van der Waals surface area (Å²) in [6.45, 7) is 1.64. The van der Waals surface area contributed by atoms with E-state index in [4.69, 9.17) is 16.3 Å². The second-order valence-corrected chi connectivity index (χ2v) is 8.40. The number of nitrogens with one attached hydrogen (secondary N) is 2. The molecule has 1 fully saturated rings. The molecule has 0 aliphatic carbocycles. The number of anilines is 1. The summed E-state index contributed by atoms with van der Waals surface area (Å²) >= 11 is 9.80. The number of carbonyl (C=O) groups excluding carboxylic acids is 2. The van der Waals surface area contributed by atoms with E-state index in [2.05, 4.69) is 36.4 Å². The fourth-order valence-corrected chi connectivity index (χ4v) is 4.62. The first-order chi connectivity index (χ1) is 14.5. The zero-order chi connectivity index (χ0) is 21.6. The van der Waals surface area contributed by atoms with E-state index in [9.17, 15) is 9.59 Å². The van der Waals surface area contributed by atoms with Crippen LogP contribution >= 0.6 is 27.5 Å². The van der Waals surface area contributed by atoms with E-state index >= 15 is 0 Å². The van der Waals surface area contributed by atoms with Crippen LogP contribution in [0.2, 0.25) is 5.02 Å². The first-order valence-corrected chi connectivity index (χ1v) is 10.8. The van der Waals surface area contributed by atoms with Gasteiger partial charge in [-0.1, -0.05) is 23.7 Å². The monoisotopic (exact) mass is 494 g/mol. The van der Waals surface area contributed by atoms with Crippen LogP contribution in [0.3, 0.4) is 0 Å². The van der Waals surface area contributed by atoms with Gasteiger partial charge in [-0.2, -0.15) is 0 Å². The molecule has 2 heterocycles. The number of methoxy groups -OCH3 is 1. The van der Waals surface area contributed by atoms with E-state index in [-0.39, 0.29) is 5.91 Å². The van der Waals surface area contributed by atoms with Crippen molar-refractivity contribution in [2.24, 2.45) is 0 Å². The third-order valence-corrected chi connectivity index (χ3v) is 6.25. The van der Waals surface area contributed by atoms with Gasteiger partial charge in [-0.3, -0.25) is 14.6 Å². The molecule has 0 saturated carbocycles. The van der Waals surface area contributed by atoms with Crippen molar-refractivity contribution in [1.29, 1.82) is 0 Å². The number of amides is 2. The Labute approximate surface area is 189 Å². The molecule has 30 heavy (non-hydrogen) atoms. The summed E-state index contributed by atoms with van der Waals surface area (Å²) in [7, 11) is 1.63. The van der Waals surface area contributed by atoms with E-state index < -0.39 is 5.54 Å². The van der Waals surface area contributed by atoms with Crippen molar-refractivity contribution in [3.05, 3.63) is 51.7 Å². The van der Waals surface area contributed by atoms with Gasteiger partial charge in [-0.05, 0) is 52.9 Å². The molecule has 2 aromatic rings. The summed E-state index contributed by atoms with van der Waals surface area (Å²) in [5, 5.41) is 6.29. The minimum absolute atomic E-state index is 0.164. The molecule has 160 valence electrons. The van der Waals surface area contributed by atoms with Crippen molar-refractivity contribution in [3.63, 3.8) is 0 Å². The van der Waals surface area contributed by atoms with Crippen LogP contribution in [0.4, 0.5) is 5.69 Å². The number of nitrogens with zero attached hydrogens (tertiary/aromatic N) is 2. The molecule has 0 radical (unpaired) electrons. The van der Waals surface area contributed by atoms with Crippen LogP contribution in [-0.2, 0) is 16.0 Å². The molecule has 1 aliphatic heterocycles. The Morgan fingerprint density at radius 2 is 2.00 bits per heavy atom. The SMILES string of the molecule is COc1ccc(CCNC(=O)C2(NC=O)CCN(c3c(Cl)cncc3Br)CC2)cc1. The highest BCUT2D eigenvalue weighted by Crippen LogP contribution is 2.36. The number of halogens is 2. The van der Waals surface area contributed by atoms with Gasteiger partial charge in [0.1, 0.15) is 11.3 Å². The molecular weight excluding hydrogens is 472 g/mol. The van der Waals surface area contributed by atoms with E-state index in [1.165, 1.54) is 0 Å². The zero-order valence-electron chi connectivity index (χ0n) is 16.7. The fraction of sp³-hybridized carbons (Fsp3) is 0.381. The topological polar surface area (TPSA) is 83.6 Å². The standard InChI is InChI=1S/C21H24BrClN4O3/c1-30-16-4-2-15(3-5-16)6-9-25-20(29)21(26-14-28)7-10-27(11-8-21)19-17(22)12-24-13-18(19)23/h2-5,12-14H,6-11H2,1H3,(H,25,29)(H,26,28). The number of aromatic nitrogens is 1. The molecule has 0 bridgehead atoms. The number of pyridine rings is 1. The first-order valence-electron chi connectivity index (χ1n) is 9.65. The van der Waals surface area contributed by atoms with Crippen LogP contribution in [0.15, 0.2) is 41.1 Å². The number of carbonyl (C=O) groups is 2. The highest BCUT2D eigenvalue weighted by atomic mass is 79.9. The molecule has 0 atom stereocenters. The minimum atomic E-state index is -0.926. The predicted molar refractivity (Wildman–Crippen MR) is 120 cm³/mol. The van der Waals surface area contributed by atoms with Crippen LogP contribution in [0.1, 0.15) is 18.4 Å². The molecular formula is C21H24BrClN4O3. The largest absolute Gasteiger partial charge is 0.497 e. The predicted octanol–water partition coefficient (Wildman–Crippen LogP) is 2.95. The molecule has 0 spiro atoms. The zero-order valence-corrected chi connectivity index (χ0v) is 19.0. The molecule has 1 saturated heterocycles. The van der Waals surface area contributed by atoms with Gasteiger partial charge in [0.2, 0.25) is 12.3 Å². The molecule has 1 aromatic carbocycles. The maximum Gasteiger partial charge on any atom is 0.245 e. The summed E-state index contributed by atoms with van der Waals surface area (Å²) in [5.74, 6) is 0.632. The second-order valence-electron chi connectivity index (χ2n) is 7.14. The Kier molecular flexibility index (Phi) is 7.55. The van der Waals surface area contributed by atoms with Gasteiger partial charge in [0.15, 0.2) is 0 Å². The normalized spacial score (nSPS) is 15.4. The van der Waals surface area contributed by atoms with Crippen LogP contribution in [0.25, 0.3) is 0 Å². The lowest BCUT2D eigenvalue weighted by atomic mass is 9.86. The summed E-state index contributed by atoms with van der Waals surface area (Å²) in [4.78, 5) is 30.4. The molecule has 1 aliphatic rings. The van der Waals surface area contributed by atoms with Crippen molar-refractivity contribution in [1.82, 2.24) is 15.6 Å². The molecule has 1 aromatic heterocycles. The smallest absolute Gasteiger partial charge is 0.245 e. The first kappa shape index (κ1) is 22.4. The van der Waals surface area contributed by atoms with Crippen LogP contribution in [0.5, 0.6) is 5.75 Å². The van der Waals surface area contributed by atoms with Gasteiger partial charge in [0.25, 0.3) is 0 Å². The van der Waals surface area contributed by atoms with E-state index in [1.54, 1.807) is 19.5 Å². The van der Waals surface area contributed by atoms with E-state index in [1.807, 2.05) is 24.3 Å². The summed E-state index contributed by atoms with van der Waals surface area (Å²) < 4.78 is 5.96. The van der Waals surface area contributed by atoms with Crippen molar-refractivity contribution in [3.8, 4) is 5.75 Å². The Morgan fingerprint density at radius 3 is 2.60 bits per heavy atom.